The van der Waals surface area contributed by atoms with E-state index in [1.165, 1.54) is 12.6 Å². The fraction of sp³-hybridized carbons (Fsp3) is 0.241. The van der Waals surface area contributed by atoms with Gasteiger partial charge in [0, 0.05) is 67.5 Å². The van der Waals surface area contributed by atoms with E-state index < -0.39 is 5.92 Å². The Hall–Kier alpha value is -4.30. The highest BCUT2D eigenvalue weighted by Gasteiger charge is 2.30. The fourth-order valence-electron chi connectivity index (χ4n) is 4.62. The van der Waals surface area contributed by atoms with Gasteiger partial charge < -0.3 is 20.4 Å². The van der Waals surface area contributed by atoms with Crippen LogP contribution < -0.4 is 15.5 Å². The first-order valence-electron chi connectivity index (χ1n) is 12.3. The van der Waals surface area contributed by atoms with Crippen LogP contribution in [0.3, 0.4) is 0 Å². The molecule has 1 unspecified atom stereocenters. The van der Waals surface area contributed by atoms with Gasteiger partial charge in [-0.3, -0.25) is 19.4 Å². The summed E-state index contributed by atoms with van der Waals surface area (Å²) in [6.45, 7) is 5.52. The molecular formula is C29H29N5O3. The number of hydrogen-bond acceptors (Lipinski definition) is 6. The maximum Gasteiger partial charge on any atom is 0.237 e. The molecule has 0 saturated carbocycles. The van der Waals surface area contributed by atoms with E-state index in [4.69, 9.17) is 0 Å². The molecule has 2 aliphatic rings. The van der Waals surface area contributed by atoms with Crippen molar-refractivity contribution < 1.29 is 14.4 Å². The Labute approximate surface area is 216 Å². The van der Waals surface area contributed by atoms with E-state index in [0.717, 1.165) is 37.4 Å². The van der Waals surface area contributed by atoms with Crippen LogP contribution in [0, 0.1) is 0 Å². The topological polar surface area (TPSA) is 94.1 Å². The van der Waals surface area contributed by atoms with E-state index in [0.29, 0.717) is 22.5 Å². The van der Waals surface area contributed by atoms with Gasteiger partial charge >= 0.3 is 0 Å². The van der Waals surface area contributed by atoms with Gasteiger partial charge in [-0.05, 0) is 79.3 Å². The second-order valence-corrected chi connectivity index (χ2v) is 9.44. The van der Waals surface area contributed by atoms with Crippen LogP contribution in [0.1, 0.15) is 34.3 Å². The highest BCUT2D eigenvalue weighted by Crippen LogP contribution is 2.33. The number of rotatable bonds is 6. The predicted molar refractivity (Wildman–Crippen MR) is 146 cm³/mol. The van der Waals surface area contributed by atoms with Gasteiger partial charge in [0.2, 0.25) is 11.8 Å². The number of carbonyl (C=O) groups excluding carboxylic acids is 3. The summed E-state index contributed by atoms with van der Waals surface area (Å²) in [5.41, 5.74) is 4.96. The standard InChI is InChI=1S/C29H29N5O3/c1-19(35)31-23-6-3-20(4-7-23)28(36)21-5-12-27-25(17-21)26(29(37)32-27)18-30-22-8-10-24(11-9-22)34-15-13-33(2)14-16-34/h3-12,17-18,26H,13-16H2,1-2H3,(H,31,35)(H,32,37). The summed E-state index contributed by atoms with van der Waals surface area (Å²) in [7, 11) is 2.14. The molecule has 1 saturated heterocycles. The van der Waals surface area contributed by atoms with Crippen LogP contribution in [-0.4, -0.2) is 61.9 Å². The van der Waals surface area contributed by atoms with Crippen LogP contribution in [0.5, 0.6) is 0 Å². The molecule has 0 aromatic heterocycles. The number of benzene rings is 3. The number of anilines is 3. The predicted octanol–water partition coefficient (Wildman–Crippen LogP) is 4.07. The molecule has 0 spiro atoms. The average molecular weight is 496 g/mol. The number of amides is 2. The summed E-state index contributed by atoms with van der Waals surface area (Å²) in [5, 5.41) is 5.57. The first-order chi connectivity index (χ1) is 17.9. The third-order valence-corrected chi connectivity index (χ3v) is 6.75. The van der Waals surface area contributed by atoms with E-state index in [9.17, 15) is 14.4 Å². The minimum atomic E-state index is -0.581. The molecule has 2 heterocycles. The molecule has 5 rings (SSSR count). The van der Waals surface area contributed by atoms with Gasteiger partial charge in [0.1, 0.15) is 5.92 Å². The maximum atomic E-state index is 13.1. The molecule has 1 atom stereocenters. The minimum absolute atomic E-state index is 0.160. The number of nitrogens with zero attached hydrogens (tertiary/aromatic N) is 3. The van der Waals surface area contributed by atoms with Crippen molar-refractivity contribution in [2.45, 2.75) is 12.8 Å². The molecule has 0 aliphatic carbocycles. The van der Waals surface area contributed by atoms with Crippen LogP contribution >= 0.6 is 0 Å². The SMILES string of the molecule is CC(=O)Nc1ccc(C(=O)c2ccc3c(c2)C(C=Nc2ccc(N4CCN(C)CC4)cc2)C(=O)N3)cc1. The van der Waals surface area contributed by atoms with E-state index in [1.54, 1.807) is 48.7 Å². The van der Waals surface area contributed by atoms with Crippen molar-refractivity contribution in [1.82, 2.24) is 4.90 Å². The summed E-state index contributed by atoms with van der Waals surface area (Å²) >= 11 is 0. The number of piperazine rings is 1. The molecule has 2 N–H and O–H groups in total. The van der Waals surface area contributed by atoms with Crippen LogP contribution in [0.25, 0.3) is 0 Å². The van der Waals surface area contributed by atoms with E-state index in [-0.39, 0.29) is 17.6 Å². The van der Waals surface area contributed by atoms with Crippen molar-refractivity contribution in [3.8, 4) is 0 Å². The highest BCUT2D eigenvalue weighted by atomic mass is 16.2. The highest BCUT2D eigenvalue weighted by molar-refractivity contribution is 6.15. The molecule has 0 bridgehead atoms. The van der Waals surface area contributed by atoms with Crippen LogP contribution in [-0.2, 0) is 9.59 Å². The largest absolute Gasteiger partial charge is 0.369 e. The number of aliphatic imine (C=N–C) groups is 1. The van der Waals surface area contributed by atoms with Gasteiger partial charge in [-0.1, -0.05) is 0 Å². The molecule has 3 aromatic carbocycles. The Kier molecular flexibility index (Phi) is 6.83. The zero-order valence-corrected chi connectivity index (χ0v) is 20.9. The Bertz CT molecular complexity index is 1360. The second-order valence-electron chi connectivity index (χ2n) is 9.44. The van der Waals surface area contributed by atoms with Crippen molar-refractivity contribution in [3.05, 3.63) is 83.4 Å². The summed E-state index contributed by atoms with van der Waals surface area (Å²) in [4.78, 5) is 46.3. The lowest BCUT2D eigenvalue weighted by Gasteiger charge is -2.34. The normalized spacial score (nSPS) is 17.5. The summed E-state index contributed by atoms with van der Waals surface area (Å²) in [6.07, 6.45) is 1.64. The van der Waals surface area contributed by atoms with E-state index in [1.807, 2.05) is 12.1 Å². The second kappa shape index (κ2) is 10.4. The quantitative estimate of drug-likeness (QED) is 0.397. The van der Waals surface area contributed by atoms with Crippen LogP contribution in [0.4, 0.5) is 22.7 Å². The van der Waals surface area contributed by atoms with Crippen LogP contribution in [0.2, 0.25) is 0 Å². The van der Waals surface area contributed by atoms with Gasteiger partial charge in [0.15, 0.2) is 5.78 Å². The minimum Gasteiger partial charge on any atom is -0.369 e. The maximum absolute atomic E-state index is 13.1. The number of likely N-dealkylation sites (N-methyl/N-ethyl adjacent to an activating group) is 1. The summed E-state index contributed by atoms with van der Waals surface area (Å²) in [5.74, 6) is -1.08. The smallest absolute Gasteiger partial charge is 0.237 e. The van der Waals surface area contributed by atoms with Crippen molar-refractivity contribution in [1.29, 1.82) is 0 Å². The molecule has 37 heavy (non-hydrogen) atoms. The van der Waals surface area contributed by atoms with E-state index >= 15 is 0 Å². The lowest BCUT2D eigenvalue weighted by atomic mass is 9.96. The Morgan fingerprint density at radius 1 is 0.946 bits per heavy atom. The fourth-order valence-corrected chi connectivity index (χ4v) is 4.62. The number of fused-ring (bicyclic) bond motifs is 1. The Morgan fingerprint density at radius 3 is 2.30 bits per heavy atom. The lowest BCUT2D eigenvalue weighted by Crippen LogP contribution is -2.44. The first kappa shape index (κ1) is 24.4. The van der Waals surface area contributed by atoms with Gasteiger partial charge in [-0.25, -0.2) is 0 Å². The van der Waals surface area contributed by atoms with Gasteiger partial charge in [0.25, 0.3) is 0 Å². The lowest BCUT2D eigenvalue weighted by molar-refractivity contribution is -0.116. The number of carbonyl (C=O) groups is 3. The molecule has 2 aliphatic heterocycles. The average Bonchev–Trinajstić information content (AvgIpc) is 3.22. The van der Waals surface area contributed by atoms with Gasteiger partial charge in [0.05, 0.1) is 5.69 Å². The summed E-state index contributed by atoms with van der Waals surface area (Å²) < 4.78 is 0. The van der Waals surface area contributed by atoms with Crippen molar-refractivity contribution >= 4 is 46.6 Å². The molecule has 1 fully saturated rings. The molecular weight excluding hydrogens is 466 g/mol. The van der Waals surface area contributed by atoms with Crippen molar-refractivity contribution in [3.63, 3.8) is 0 Å². The third-order valence-electron chi connectivity index (χ3n) is 6.75. The van der Waals surface area contributed by atoms with Gasteiger partial charge in [-0.15, -0.1) is 0 Å². The van der Waals surface area contributed by atoms with E-state index in [2.05, 4.69) is 44.6 Å². The van der Waals surface area contributed by atoms with Crippen LogP contribution in [0.15, 0.2) is 71.7 Å². The monoisotopic (exact) mass is 495 g/mol. The zero-order valence-electron chi connectivity index (χ0n) is 20.9. The molecule has 188 valence electrons. The Balaban J connectivity index is 1.31. The van der Waals surface area contributed by atoms with Gasteiger partial charge in [-0.2, -0.15) is 0 Å². The first-order valence-corrected chi connectivity index (χ1v) is 12.3. The Morgan fingerprint density at radius 2 is 1.62 bits per heavy atom. The third kappa shape index (κ3) is 5.44. The number of ketones is 1. The molecule has 3 aromatic rings. The van der Waals surface area contributed by atoms with Crippen molar-refractivity contribution in [2.24, 2.45) is 4.99 Å². The molecule has 8 nitrogen and oxygen atoms in total. The van der Waals surface area contributed by atoms with Crippen molar-refractivity contribution in [2.75, 3.05) is 48.8 Å². The number of hydrogen-bond donors (Lipinski definition) is 2. The molecule has 0 radical (unpaired) electrons. The zero-order chi connectivity index (χ0) is 25.9. The number of nitrogens with one attached hydrogen (secondary N) is 2. The molecule has 2 amide bonds. The summed E-state index contributed by atoms with van der Waals surface area (Å²) in [6, 6.07) is 20.0. The molecule has 8 heteroatoms.